The number of carbonyl (C=O) groups is 1. The fourth-order valence-corrected chi connectivity index (χ4v) is 2.08. The molecule has 0 spiro atoms. The monoisotopic (exact) mass is 298 g/mol. The number of aromatic nitrogens is 2. The maximum absolute atomic E-state index is 12.0. The summed E-state index contributed by atoms with van der Waals surface area (Å²) in [5.41, 5.74) is 1.48. The number of hydrogen-bond acceptors (Lipinski definition) is 2. The fraction of sp³-hybridized carbons (Fsp3) is 0.167. The van der Waals surface area contributed by atoms with Crippen LogP contribution in [0.25, 0.3) is 0 Å². The van der Waals surface area contributed by atoms with Crippen LogP contribution in [0.1, 0.15) is 5.56 Å². The maximum atomic E-state index is 12.0. The number of urea groups is 1. The van der Waals surface area contributed by atoms with Gasteiger partial charge in [-0.1, -0.05) is 23.2 Å². The van der Waals surface area contributed by atoms with Gasteiger partial charge in [0.2, 0.25) is 0 Å². The molecule has 0 bridgehead atoms. The molecule has 0 fully saturated rings. The van der Waals surface area contributed by atoms with E-state index in [9.17, 15) is 4.79 Å². The van der Waals surface area contributed by atoms with Crippen molar-refractivity contribution in [2.75, 3.05) is 12.4 Å². The van der Waals surface area contributed by atoms with Crippen LogP contribution >= 0.6 is 23.2 Å². The highest BCUT2D eigenvalue weighted by molar-refractivity contribution is 6.35. The summed E-state index contributed by atoms with van der Waals surface area (Å²) in [6, 6.07) is 4.63. The summed E-state index contributed by atoms with van der Waals surface area (Å²) < 4.78 is 0. The zero-order valence-corrected chi connectivity index (χ0v) is 11.7. The number of nitrogens with zero attached hydrogens (tertiary/aromatic N) is 2. The van der Waals surface area contributed by atoms with Gasteiger partial charge in [0, 0.05) is 34.5 Å². The Bertz CT molecular complexity index is 551. The first-order chi connectivity index (χ1) is 9.04. The number of rotatable bonds is 3. The van der Waals surface area contributed by atoms with Crippen molar-refractivity contribution >= 4 is 34.9 Å². The van der Waals surface area contributed by atoms with Gasteiger partial charge in [0.15, 0.2) is 0 Å². The number of hydrogen-bond donors (Lipinski definition) is 2. The highest BCUT2D eigenvalue weighted by Crippen LogP contribution is 2.22. The minimum Gasteiger partial charge on any atom is -0.323 e. The van der Waals surface area contributed by atoms with Gasteiger partial charge in [-0.2, -0.15) is 5.10 Å². The molecule has 0 aliphatic rings. The van der Waals surface area contributed by atoms with Gasteiger partial charge in [0.1, 0.15) is 0 Å². The standard InChI is InChI=1S/C12H12Cl2N4O/c1-18(7-8-5-15-16-6-8)12(19)17-11-3-9(13)2-10(14)4-11/h2-6H,7H2,1H3,(H,15,16)(H,17,19). The number of nitrogens with one attached hydrogen (secondary N) is 2. The first kappa shape index (κ1) is 13.7. The van der Waals surface area contributed by atoms with E-state index in [0.717, 1.165) is 5.56 Å². The van der Waals surface area contributed by atoms with Crippen LogP contribution in [0.5, 0.6) is 0 Å². The van der Waals surface area contributed by atoms with E-state index < -0.39 is 0 Å². The Morgan fingerprint density at radius 1 is 1.37 bits per heavy atom. The molecule has 7 heteroatoms. The highest BCUT2D eigenvalue weighted by Gasteiger charge is 2.10. The second kappa shape index (κ2) is 5.95. The van der Waals surface area contributed by atoms with Crippen molar-refractivity contribution in [3.63, 3.8) is 0 Å². The SMILES string of the molecule is CN(Cc1cn[nH]c1)C(=O)Nc1cc(Cl)cc(Cl)c1. The van der Waals surface area contributed by atoms with Gasteiger partial charge >= 0.3 is 6.03 Å². The second-order valence-electron chi connectivity index (χ2n) is 4.05. The van der Waals surface area contributed by atoms with Crippen molar-refractivity contribution in [3.8, 4) is 0 Å². The molecule has 19 heavy (non-hydrogen) atoms. The van der Waals surface area contributed by atoms with E-state index in [1.54, 1.807) is 37.6 Å². The molecule has 1 aromatic heterocycles. The summed E-state index contributed by atoms with van der Waals surface area (Å²) in [6.07, 6.45) is 3.40. The molecular weight excluding hydrogens is 287 g/mol. The summed E-state index contributed by atoms with van der Waals surface area (Å²) in [4.78, 5) is 13.5. The summed E-state index contributed by atoms with van der Waals surface area (Å²) in [5, 5.41) is 10.2. The van der Waals surface area contributed by atoms with Crippen LogP contribution in [-0.2, 0) is 6.54 Å². The molecule has 0 radical (unpaired) electrons. The molecule has 2 N–H and O–H groups in total. The molecule has 0 aliphatic heterocycles. The van der Waals surface area contributed by atoms with E-state index in [1.807, 2.05) is 0 Å². The van der Waals surface area contributed by atoms with Gasteiger partial charge in [-0.15, -0.1) is 0 Å². The van der Waals surface area contributed by atoms with Gasteiger partial charge < -0.3 is 10.2 Å². The predicted molar refractivity (Wildman–Crippen MR) is 75.5 cm³/mol. The molecule has 0 aliphatic carbocycles. The molecule has 2 aromatic rings. The Balaban J connectivity index is 2.00. The summed E-state index contributed by atoms with van der Waals surface area (Å²) >= 11 is 11.7. The third-order valence-electron chi connectivity index (χ3n) is 2.44. The lowest BCUT2D eigenvalue weighted by molar-refractivity contribution is 0.220. The second-order valence-corrected chi connectivity index (χ2v) is 4.92. The normalized spacial score (nSPS) is 10.3. The van der Waals surface area contributed by atoms with Crippen LogP contribution in [0, 0.1) is 0 Å². The molecule has 0 atom stereocenters. The summed E-state index contributed by atoms with van der Waals surface area (Å²) in [6.45, 7) is 0.455. The molecule has 1 heterocycles. The Labute approximate surface area is 120 Å². The smallest absolute Gasteiger partial charge is 0.321 e. The zero-order chi connectivity index (χ0) is 13.8. The van der Waals surface area contributed by atoms with E-state index >= 15 is 0 Å². The first-order valence-corrected chi connectivity index (χ1v) is 6.26. The highest BCUT2D eigenvalue weighted by atomic mass is 35.5. The third-order valence-corrected chi connectivity index (χ3v) is 2.87. The van der Waals surface area contributed by atoms with Gasteiger partial charge in [-0.05, 0) is 18.2 Å². The van der Waals surface area contributed by atoms with E-state index in [4.69, 9.17) is 23.2 Å². The maximum Gasteiger partial charge on any atom is 0.321 e. The first-order valence-electron chi connectivity index (χ1n) is 5.50. The minimum absolute atomic E-state index is 0.250. The minimum atomic E-state index is -0.250. The average molecular weight is 299 g/mol. The van der Waals surface area contributed by atoms with Crippen LogP contribution in [0.4, 0.5) is 10.5 Å². The van der Waals surface area contributed by atoms with Crippen LogP contribution in [-0.4, -0.2) is 28.2 Å². The third kappa shape index (κ3) is 3.87. The average Bonchev–Trinajstić information content (AvgIpc) is 2.80. The number of H-pyrrole nitrogens is 1. The number of benzene rings is 1. The van der Waals surface area contributed by atoms with Gasteiger partial charge in [0.05, 0.1) is 12.7 Å². The predicted octanol–water partition coefficient (Wildman–Crippen LogP) is 3.38. The van der Waals surface area contributed by atoms with Crippen LogP contribution in [0.15, 0.2) is 30.6 Å². The Morgan fingerprint density at radius 2 is 2.05 bits per heavy atom. The molecule has 0 saturated carbocycles. The number of halogens is 2. The summed E-state index contributed by atoms with van der Waals surface area (Å²) in [7, 11) is 1.69. The van der Waals surface area contributed by atoms with Crippen LogP contribution in [0.2, 0.25) is 10.0 Å². The molecule has 2 amide bonds. The van der Waals surface area contributed by atoms with Crippen molar-refractivity contribution in [2.45, 2.75) is 6.54 Å². The molecule has 2 rings (SSSR count). The largest absolute Gasteiger partial charge is 0.323 e. The molecule has 0 unspecified atom stereocenters. The Hall–Kier alpha value is -1.72. The van der Waals surface area contributed by atoms with Crippen molar-refractivity contribution < 1.29 is 4.79 Å². The molecule has 100 valence electrons. The van der Waals surface area contributed by atoms with Crippen molar-refractivity contribution in [2.24, 2.45) is 0 Å². The number of aromatic amines is 1. The van der Waals surface area contributed by atoms with Gasteiger partial charge in [-0.3, -0.25) is 5.10 Å². The lowest BCUT2D eigenvalue weighted by Crippen LogP contribution is -2.30. The Morgan fingerprint density at radius 3 is 2.63 bits per heavy atom. The van der Waals surface area contributed by atoms with E-state index in [1.165, 1.54) is 4.90 Å². The number of amides is 2. The fourth-order valence-electron chi connectivity index (χ4n) is 1.55. The molecule has 1 aromatic carbocycles. The van der Waals surface area contributed by atoms with Crippen molar-refractivity contribution in [1.29, 1.82) is 0 Å². The molecule has 5 nitrogen and oxygen atoms in total. The topological polar surface area (TPSA) is 61.0 Å². The van der Waals surface area contributed by atoms with Crippen molar-refractivity contribution in [1.82, 2.24) is 15.1 Å². The molecular formula is C12H12Cl2N4O. The van der Waals surface area contributed by atoms with E-state index in [2.05, 4.69) is 15.5 Å². The van der Waals surface area contributed by atoms with E-state index in [0.29, 0.717) is 22.3 Å². The lowest BCUT2D eigenvalue weighted by atomic mass is 10.3. The Kier molecular flexibility index (Phi) is 4.29. The van der Waals surface area contributed by atoms with Gasteiger partial charge in [-0.25, -0.2) is 4.79 Å². The lowest BCUT2D eigenvalue weighted by Gasteiger charge is -2.17. The van der Waals surface area contributed by atoms with Crippen LogP contribution in [0.3, 0.4) is 0 Å². The van der Waals surface area contributed by atoms with E-state index in [-0.39, 0.29) is 6.03 Å². The summed E-state index contributed by atoms with van der Waals surface area (Å²) in [5.74, 6) is 0. The van der Waals surface area contributed by atoms with Crippen molar-refractivity contribution in [3.05, 3.63) is 46.2 Å². The molecule has 0 saturated heterocycles. The number of carbonyl (C=O) groups excluding carboxylic acids is 1. The zero-order valence-electron chi connectivity index (χ0n) is 10.2. The quantitative estimate of drug-likeness (QED) is 0.912. The van der Waals surface area contributed by atoms with Crippen LogP contribution < -0.4 is 5.32 Å². The number of anilines is 1. The van der Waals surface area contributed by atoms with Gasteiger partial charge in [0.25, 0.3) is 0 Å².